The number of hydrogen-bond donors (Lipinski definition) is 1. The van der Waals surface area contributed by atoms with E-state index in [0.29, 0.717) is 5.88 Å². The number of aromatic nitrogens is 2. The fourth-order valence-corrected chi connectivity index (χ4v) is 3.09. The van der Waals surface area contributed by atoms with Crippen LogP contribution in [-0.4, -0.2) is 49.9 Å². The molecule has 0 radical (unpaired) electrons. The Hall–Kier alpha value is -2.70. The minimum atomic E-state index is 0.226. The van der Waals surface area contributed by atoms with Crippen molar-refractivity contribution in [2.75, 3.05) is 49.4 Å². The van der Waals surface area contributed by atoms with E-state index in [1.165, 1.54) is 0 Å². The Bertz CT molecular complexity index is 709. The minimum Gasteiger partial charge on any atom is -0.495 e. The van der Waals surface area contributed by atoms with E-state index < -0.39 is 0 Å². The topological polar surface area (TPSA) is 76.7 Å². The van der Waals surface area contributed by atoms with Crippen LogP contribution in [0.5, 0.6) is 11.6 Å². The van der Waals surface area contributed by atoms with Crippen molar-refractivity contribution in [3.63, 3.8) is 0 Å². The zero-order valence-corrected chi connectivity index (χ0v) is 14.3. The largest absolute Gasteiger partial charge is 0.495 e. The van der Waals surface area contributed by atoms with Gasteiger partial charge in [-0.25, -0.2) is 0 Å². The maximum atomic E-state index is 5.79. The summed E-state index contributed by atoms with van der Waals surface area (Å²) in [5.41, 5.74) is 6.90. The van der Waals surface area contributed by atoms with E-state index in [1.54, 1.807) is 14.2 Å². The molecule has 1 aliphatic rings. The number of rotatable bonds is 4. The average molecular weight is 329 g/mol. The molecule has 1 unspecified atom stereocenters. The summed E-state index contributed by atoms with van der Waals surface area (Å²) in [6.45, 7) is 4.74. The smallest absolute Gasteiger partial charge is 0.225 e. The predicted molar refractivity (Wildman–Crippen MR) is 95.0 cm³/mol. The molecular formula is C17H23N5O2. The van der Waals surface area contributed by atoms with Crippen LogP contribution >= 0.6 is 0 Å². The van der Waals surface area contributed by atoms with Gasteiger partial charge in [-0.05, 0) is 19.1 Å². The molecule has 1 fully saturated rings. The molecule has 7 nitrogen and oxygen atoms in total. The van der Waals surface area contributed by atoms with E-state index in [9.17, 15) is 0 Å². The molecule has 0 bridgehead atoms. The fourth-order valence-electron chi connectivity index (χ4n) is 3.09. The van der Waals surface area contributed by atoms with E-state index in [2.05, 4.69) is 32.8 Å². The molecule has 3 rings (SSSR count). The molecule has 0 aliphatic carbocycles. The lowest BCUT2D eigenvalue weighted by atomic mass is 10.1. The van der Waals surface area contributed by atoms with Crippen molar-refractivity contribution in [2.24, 2.45) is 0 Å². The number of methoxy groups -OCH3 is 2. The number of piperazine rings is 1. The predicted octanol–water partition coefficient (Wildman–Crippen LogP) is 1.79. The first-order valence-corrected chi connectivity index (χ1v) is 7.95. The van der Waals surface area contributed by atoms with Gasteiger partial charge in [0, 0.05) is 31.7 Å². The van der Waals surface area contributed by atoms with Gasteiger partial charge in [-0.1, -0.05) is 12.1 Å². The van der Waals surface area contributed by atoms with E-state index in [-0.39, 0.29) is 12.0 Å². The summed E-state index contributed by atoms with van der Waals surface area (Å²) in [6.07, 6.45) is 0. The number of hydrogen-bond acceptors (Lipinski definition) is 7. The number of nitrogens with two attached hydrogens (primary N) is 1. The first kappa shape index (κ1) is 16.2. The molecule has 0 spiro atoms. The van der Waals surface area contributed by atoms with Crippen LogP contribution in [-0.2, 0) is 0 Å². The summed E-state index contributed by atoms with van der Waals surface area (Å²) in [4.78, 5) is 13.0. The molecule has 7 heteroatoms. The molecule has 0 amide bonds. The highest BCUT2D eigenvalue weighted by Crippen LogP contribution is 2.31. The van der Waals surface area contributed by atoms with Crippen LogP contribution in [0.25, 0.3) is 0 Å². The Morgan fingerprint density at radius 1 is 1.12 bits per heavy atom. The monoisotopic (exact) mass is 329 g/mol. The Labute approximate surface area is 142 Å². The summed E-state index contributed by atoms with van der Waals surface area (Å²) in [5, 5.41) is 0. The van der Waals surface area contributed by atoms with Gasteiger partial charge in [0.1, 0.15) is 11.6 Å². The van der Waals surface area contributed by atoms with Gasteiger partial charge in [0.2, 0.25) is 11.8 Å². The third kappa shape index (κ3) is 3.15. The second-order valence-electron chi connectivity index (χ2n) is 5.79. The number of nitrogen functional groups attached to an aromatic ring is 1. The van der Waals surface area contributed by atoms with E-state index in [4.69, 9.17) is 15.2 Å². The van der Waals surface area contributed by atoms with E-state index in [1.807, 2.05) is 24.3 Å². The summed E-state index contributed by atoms with van der Waals surface area (Å²) >= 11 is 0. The molecule has 2 N–H and O–H groups in total. The number of para-hydroxylation sites is 2. The molecule has 1 aromatic heterocycles. The summed E-state index contributed by atoms with van der Waals surface area (Å²) in [5.74, 6) is 2.40. The third-order valence-electron chi connectivity index (χ3n) is 4.26. The Balaban J connectivity index is 1.79. The minimum absolute atomic E-state index is 0.226. The maximum Gasteiger partial charge on any atom is 0.225 e. The second kappa shape index (κ2) is 6.82. The molecule has 128 valence electrons. The molecule has 0 saturated carbocycles. The molecule has 1 aliphatic heterocycles. The van der Waals surface area contributed by atoms with Gasteiger partial charge in [-0.3, -0.25) is 0 Å². The van der Waals surface area contributed by atoms with Crippen molar-refractivity contribution in [2.45, 2.75) is 13.0 Å². The molecule has 24 heavy (non-hydrogen) atoms. The SMILES string of the molecule is COc1cc(N2CCN(c3ccccc3OC)CC2C)nc(N)n1. The van der Waals surface area contributed by atoms with Crippen LogP contribution in [0.4, 0.5) is 17.5 Å². The van der Waals surface area contributed by atoms with Gasteiger partial charge >= 0.3 is 0 Å². The normalized spacial score (nSPS) is 17.7. The van der Waals surface area contributed by atoms with Crippen molar-refractivity contribution in [1.82, 2.24) is 9.97 Å². The molecule has 1 aromatic carbocycles. The maximum absolute atomic E-state index is 5.79. The lowest BCUT2D eigenvalue weighted by Gasteiger charge is -2.42. The molecule has 2 heterocycles. The summed E-state index contributed by atoms with van der Waals surface area (Å²) in [7, 11) is 3.28. The van der Waals surface area contributed by atoms with E-state index >= 15 is 0 Å². The highest BCUT2D eigenvalue weighted by Gasteiger charge is 2.27. The van der Waals surface area contributed by atoms with Crippen molar-refractivity contribution in [3.8, 4) is 11.6 Å². The lowest BCUT2D eigenvalue weighted by molar-refractivity contribution is 0.397. The van der Waals surface area contributed by atoms with Crippen LogP contribution in [0, 0.1) is 0 Å². The van der Waals surface area contributed by atoms with Gasteiger partial charge in [-0.15, -0.1) is 0 Å². The van der Waals surface area contributed by atoms with Crippen molar-refractivity contribution >= 4 is 17.5 Å². The molecule has 2 aromatic rings. The van der Waals surface area contributed by atoms with Gasteiger partial charge in [-0.2, -0.15) is 9.97 Å². The number of benzene rings is 1. The summed E-state index contributed by atoms with van der Waals surface area (Å²) < 4.78 is 10.7. The van der Waals surface area contributed by atoms with Crippen molar-refractivity contribution in [3.05, 3.63) is 30.3 Å². The summed E-state index contributed by atoms with van der Waals surface area (Å²) in [6, 6.07) is 10.2. The highest BCUT2D eigenvalue weighted by atomic mass is 16.5. The van der Waals surface area contributed by atoms with Gasteiger partial charge < -0.3 is 25.0 Å². The highest BCUT2D eigenvalue weighted by molar-refractivity contribution is 5.60. The number of anilines is 3. The third-order valence-corrected chi connectivity index (χ3v) is 4.26. The molecule has 1 saturated heterocycles. The van der Waals surface area contributed by atoms with Crippen LogP contribution < -0.4 is 25.0 Å². The average Bonchev–Trinajstić information content (AvgIpc) is 2.60. The standard InChI is InChI=1S/C17H23N5O2/c1-12-11-21(13-6-4-5-7-14(13)23-2)8-9-22(12)15-10-16(24-3)20-17(18)19-15/h4-7,10,12H,8-9,11H2,1-3H3,(H2,18,19,20). The zero-order chi connectivity index (χ0) is 17.1. The van der Waals surface area contributed by atoms with Crippen LogP contribution in [0.15, 0.2) is 30.3 Å². The number of ether oxygens (including phenoxy) is 2. The Morgan fingerprint density at radius 3 is 2.62 bits per heavy atom. The van der Waals surface area contributed by atoms with Gasteiger partial charge in [0.15, 0.2) is 0 Å². The fraction of sp³-hybridized carbons (Fsp3) is 0.412. The van der Waals surface area contributed by atoms with Crippen LogP contribution in [0.1, 0.15) is 6.92 Å². The van der Waals surface area contributed by atoms with E-state index in [0.717, 1.165) is 36.9 Å². The number of nitrogens with zero attached hydrogens (tertiary/aromatic N) is 4. The van der Waals surface area contributed by atoms with Gasteiger partial charge in [0.05, 0.1) is 19.9 Å². The Morgan fingerprint density at radius 2 is 1.92 bits per heavy atom. The van der Waals surface area contributed by atoms with Crippen LogP contribution in [0.3, 0.4) is 0 Å². The van der Waals surface area contributed by atoms with Crippen molar-refractivity contribution < 1.29 is 9.47 Å². The molecule has 1 atom stereocenters. The van der Waals surface area contributed by atoms with Gasteiger partial charge in [0.25, 0.3) is 0 Å². The van der Waals surface area contributed by atoms with Crippen molar-refractivity contribution in [1.29, 1.82) is 0 Å². The van der Waals surface area contributed by atoms with Crippen LogP contribution in [0.2, 0.25) is 0 Å². The zero-order valence-electron chi connectivity index (χ0n) is 14.3. The lowest BCUT2D eigenvalue weighted by Crippen LogP contribution is -2.52. The Kier molecular flexibility index (Phi) is 4.59. The second-order valence-corrected chi connectivity index (χ2v) is 5.79. The quantitative estimate of drug-likeness (QED) is 0.916. The first-order chi connectivity index (χ1) is 11.6. The molecular weight excluding hydrogens is 306 g/mol. The first-order valence-electron chi connectivity index (χ1n) is 7.95.